The van der Waals surface area contributed by atoms with E-state index in [1.807, 2.05) is 0 Å². The minimum Gasteiger partial charge on any atom is -0.462 e. The van der Waals surface area contributed by atoms with E-state index in [-0.39, 0.29) is 0 Å². The maximum Gasteiger partial charge on any atom is 0.340 e. The zero-order chi connectivity index (χ0) is 15.2. The molecule has 1 saturated carbocycles. The maximum absolute atomic E-state index is 11.8. The van der Waals surface area contributed by atoms with Crippen LogP contribution in [0.1, 0.15) is 49.9 Å². The third-order valence-electron chi connectivity index (χ3n) is 4.26. The summed E-state index contributed by atoms with van der Waals surface area (Å²) in [5, 5.41) is 3.33. The number of rotatable bonds is 5. The number of nitrogens with two attached hydrogens (primary N) is 1. The molecule has 116 valence electrons. The number of carbonyl (C=O) groups is 1. The summed E-state index contributed by atoms with van der Waals surface area (Å²) in [7, 11) is 0. The van der Waals surface area contributed by atoms with Crippen LogP contribution in [0.4, 0.5) is 11.5 Å². The number of pyridine rings is 1. The van der Waals surface area contributed by atoms with E-state index in [2.05, 4.69) is 17.2 Å². The number of nitrogens with zero attached hydrogens (tertiary/aromatic N) is 1. The SMILES string of the molecule is CCOC(=O)c1cc(NCC2CCCCC2C)ncc1N. The number of nitrogens with one attached hydrogen (secondary N) is 1. The average Bonchev–Trinajstić information content (AvgIpc) is 2.48. The maximum atomic E-state index is 11.8. The van der Waals surface area contributed by atoms with Gasteiger partial charge in [-0.3, -0.25) is 0 Å². The van der Waals surface area contributed by atoms with E-state index in [0.717, 1.165) is 12.5 Å². The van der Waals surface area contributed by atoms with Crippen LogP contribution in [0.2, 0.25) is 0 Å². The average molecular weight is 291 g/mol. The second kappa shape index (κ2) is 7.29. The van der Waals surface area contributed by atoms with Gasteiger partial charge in [-0.25, -0.2) is 9.78 Å². The van der Waals surface area contributed by atoms with Gasteiger partial charge in [0.05, 0.1) is 24.1 Å². The largest absolute Gasteiger partial charge is 0.462 e. The van der Waals surface area contributed by atoms with Crippen molar-refractivity contribution in [3.63, 3.8) is 0 Å². The number of hydrogen-bond acceptors (Lipinski definition) is 5. The minimum absolute atomic E-state index is 0.336. The fourth-order valence-electron chi connectivity index (χ4n) is 2.88. The van der Waals surface area contributed by atoms with E-state index < -0.39 is 5.97 Å². The second-order valence-electron chi connectivity index (χ2n) is 5.78. The molecule has 2 atom stereocenters. The van der Waals surface area contributed by atoms with Gasteiger partial charge >= 0.3 is 5.97 Å². The number of esters is 1. The lowest BCUT2D eigenvalue weighted by Gasteiger charge is -2.29. The fraction of sp³-hybridized carbons (Fsp3) is 0.625. The topological polar surface area (TPSA) is 77.2 Å². The van der Waals surface area contributed by atoms with Crippen molar-refractivity contribution in [3.8, 4) is 0 Å². The van der Waals surface area contributed by atoms with E-state index >= 15 is 0 Å². The highest BCUT2D eigenvalue weighted by Gasteiger charge is 2.21. The summed E-state index contributed by atoms with van der Waals surface area (Å²) < 4.78 is 5.00. The summed E-state index contributed by atoms with van der Waals surface area (Å²) in [5.74, 6) is 1.70. The van der Waals surface area contributed by atoms with Crippen LogP contribution in [0.3, 0.4) is 0 Å². The van der Waals surface area contributed by atoms with Crippen molar-refractivity contribution < 1.29 is 9.53 Å². The van der Waals surface area contributed by atoms with Gasteiger partial charge < -0.3 is 15.8 Å². The van der Waals surface area contributed by atoms with Gasteiger partial charge in [0.15, 0.2) is 0 Å². The molecule has 0 amide bonds. The van der Waals surface area contributed by atoms with Crippen LogP contribution in [0.5, 0.6) is 0 Å². The number of aromatic nitrogens is 1. The van der Waals surface area contributed by atoms with Crippen LogP contribution in [-0.4, -0.2) is 24.1 Å². The van der Waals surface area contributed by atoms with Crippen molar-refractivity contribution in [2.24, 2.45) is 11.8 Å². The van der Waals surface area contributed by atoms with Crippen molar-refractivity contribution in [2.75, 3.05) is 24.2 Å². The summed E-state index contributed by atoms with van der Waals surface area (Å²) in [6.45, 7) is 5.31. The van der Waals surface area contributed by atoms with E-state index in [9.17, 15) is 4.79 Å². The number of carbonyl (C=O) groups excluding carboxylic acids is 1. The molecule has 0 saturated heterocycles. The molecule has 1 aliphatic carbocycles. The summed E-state index contributed by atoms with van der Waals surface area (Å²) in [6.07, 6.45) is 6.72. The van der Waals surface area contributed by atoms with Crippen LogP contribution in [0.15, 0.2) is 12.3 Å². The standard InChI is InChI=1S/C16H25N3O2/c1-3-21-16(20)13-8-15(19-10-14(13)17)18-9-12-7-5-4-6-11(12)2/h8,10-12H,3-7,9,17H2,1-2H3,(H,18,19). The van der Waals surface area contributed by atoms with E-state index in [1.54, 1.807) is 13.0 Å². The molecule has 5 nitrogen and oxygen atoms in total. The van der Waals surface area contributed by atoms with Crippen LogP contribution in [-0.2, 0) is 4.74 Å². The molecule has 1 aromatic heterocycles. The molecular weight excluding hydrogens is 266 g/mol. The quantitative estimate of drug-likeness (QED) is 0.815. The number of anilines is 2. The molecular formula is C16H25N3O2. The van der Waals surface area contributed by atoms with Gasteiger partial charge in [0.2, 0.25) is 0 Å². The van der Waals surface area contributed by atoms with Crippen molar-refractivity contribution in [1.82, 2.24) is 4.98 Å². The third kappa shape index (κ3) is 4.09. The Kier molecular flexibility index (Phi) is 5.42. The first-order valence-electron chi connectivity index (χ1n) is 7.78. The van der Waals surface area contributed by atoms with Crippen LogP contribution < -0.4 is 11.1 Å². The highest BCUT2D eigenvalue weighted by Crippen LogP contribution is 2.29. The van der Waals surface area contributed by atoms with Crippen molar-refractivity contribution in [3.05, 3.63) is 17.8 Å². The van der Waals surface area contributed by atoms with Crippen LogP contribution in [0.25, 0.3) is 0 Å². The van der Waals surface area contributed by atoms with E-state index in [4.69, 9.17) is 10.5 Å². The Bertz CT molecular complexity index is 490. The smallest absolute Gasteiger partial charge is 0.340 e. The van der Waals surface area contributed by atoms with Gasteiger partial charge in [-0.1, -0.05) is 26.2 Å². The zero-order valence-electron chi connectivity index (χ0n) is 12.9. The van der Waals surface area contributed by atoms with Crippen LogP contribution in [0, 0.1) is 11.8 Å². The highest BCUT2D eigenvalue weighted by molar-refractivity contribution is 5.95. The molecule has 2 unspecified atom stereocenters. The molecule has 1 aromatic rings. The summed E-state index contributed by atoms with van der Waals surface area (Å²) >= 11 is 0. The molecule has 21 heavy (non-hydrogen) atoms. The summed E-state index contributed by atoms with van der Waals surface area (Å²) in [6, 6.07) is 1.68. The molecule has 0 radical (unpaired) electrons. The molecule has 5 heteroatoms. The minimum atomic E-state index is -0.397. The van der Waals surface area contributed by atoms with Crippen molar-refractivity contribution >= 4 is 17.5 Å². The molecule has 0 aliphatic heterocycles. The van der Waals surface area contributed by atoms with Crippen molar-refractivity contribution in [2.45, 2.75) is 39.5 Å². The number of ether oxygens (including phenoxy) is 1. The monoisotopic (exact) mass is 291 g/mol. The third-order valence-corrected chi connectivity index (χ3v) is 4.26. The normalized spacial score (nSPS) is 21.8. The van der Waals surface area contributed by atoms with Crippen LogP contribution >= 0.6 is 0 Å². The molecule has 0 aromatic carbocycles. The predicted octanol–water partition coefficient (Wildman–Crippen LogP) is 3.08. The Labute approximate surface area is 126 Å². The summed E-state index contributed by atoms with van der Waals surface area (Å²) in [4.78, 5) is 16.1. The van der Waals surface area contributed by atoms with E-state index in [0.29, 0.717) is 29.6 Å². The van der Waals surface area contributed by atoms with Crippen molar-refractivity contribution in [1.29, 1.82) is 0 Å². The summed E-state index contributed by atoms with van der Waals surface area (Å²) in [5.41, 5.74) is 6.52. The first-order chi connectivity index (χ1) is 10.1. The second-order valence-corrected chi connectivity index (χ2v) is 5.78. The lowest BCUT2D eigenvalue weighted by Crippen LogP contribution is -2.24. The molecule has 3 N–H and O–H groups in total. The lowest BCUT2D eigenvalue weighted by molar-refractivity contribution is 0.0527. The van der Waals surface area contributed by atoms with Gasteiger partial charge in [0, 0.05) is 6.54 Å². The highest BCUT2D eigenvalue weighted by atomic mass is 16.5. The number of nitrogen functional groups attached to an aromatic ring is 1. The predicted molar refractivity (Wildman–Crippen MR) is 84.2 cm³/mol. The van der Waals surface area contributed by atoms with Gasteiger partial charge in [0.25, 0.3) is 0 Å². The van der Waals surface area contributed by atoms with Gasteiger partial charge in [-0.15, -0.1) is 0 Å². The number of hydrogen-bond donors (Lipinski definition) is 2. The molecule has 1 aliphatic rings. The van der Waals surface area contributed by atoms with Gasteiger partial charge in [-0.2, -0.15) is 0 Å². The zero-order valence-corrected chi connectivity index (χ0v) is 12.9. The Morgan fingerprint density at radius 1 is 1.48 bits per heavy atom. The lowest BCUT2D eigenvalue weighted by atomic mass is 9.80. The molecule has 0 spiro atoms. The molecule has 1 heterocycles. The molecule has 1 fully saturated rings. The fourth-order valence-corrected chi connectivity index (χ4v) is 2.88. The first-order valence-corrected chi connectivity index (χ1v) is 7.78. The van der Waals surface area contributed by atoms with Gasteiger partial charge in [0.1, 0.15) is 5.82 Å². The Morgan fingerprint density at radius 3 is 2.95 bits per heavy atom. The Balaban J connectivity index is 2.00. The molecule has 0 bridgehead atoms. The Hall–Kier alpha value is -1.78. The van der Waals surface area contributed by atoms with Gasteiger partial charge in [-0.05, 0) is 31.2 Å². The first kappa shape index (κ1) is 15.6. The Morgan fingerprint density at radius 2 is 2.24 bits per heavy atom. The van der Waals surface area contributed by atoms with E-state index in [1.165, 1.54) is 31.9 Å². The molecule has 2 rings (SSSR count).